The van der Waals surface area contributed by atoms with E-state index in [2.05, 4.69) is 22.5 Å². The highest BCUT2D eigenvalue weighted by atomic mass is 79.9. The third kappa shape index (κ3) is 5.77. The molecule has 7 heteroatoms. The fraction of sp³-hybridized carbons (Fsp3) is 0.250. The van der Waals surface area contributed by atoms with E-state index in [9.17, 15) is 9.18 Å². The predicted octanol–water partition coefficient (Wildman–Crippen LogP) is 7.88. The van der Waals surface area contributed by atoms with Gasteiger partial charge in [0.1, 0.15) is 11.6 Å². The molecule has 4 atom stereocenters. The first-order valence-corrected chi connectivity index (χ1v) is 12.4. The van der Waals surface area contributed by atoms with Crippen molar-refractivity contribution in [1.29, 1.82) is 0 Å². The van der Waals surface area contributed by atoms with Crippen molar-refractivity contribution in [3.63, 3.8) is 0 Å². The van der Waals surface area contributed by atoms with Crippen LogP contribution in [0.3, 0.4) is 0 Å². The van der Waals surface area contributed by atoms with Gasteiger partial charge in [-0.2, -0.15) is 0 Å². The Morgan fingerprint density at radius 1 is 1.14 bits per heavy atom. The summed E-state index contributed by atoms with van der Waals surface area (Å²) in [7, 11) is 0. The Kier molecular flexibility index (Phi) is 7.95. The molecule has 1 aliphatic rings. The summed E-state index contributed by atoms with van der Waals surface area (Å²) in [6.45, 7) is 5.56. The second-order valence-corrected chi connectivity index (χ2v) is 10.0. The number of rotatable bonds is 7. The van der Waals surface area contributed by atoms with Crippen molar-refractivity contribution >= 4 is 33.5 Å². The standard InChI is InChI=1S/C28H25BrClFO4/c1-16(2)21-14-22(18-9-6-10-19(30)11-18)26(17-7-4-3-5-8-17)35-27(21)23-12-20(31)13-24(29)28(23)34-15-25(32)33/h3-13,21-22,26-27H,1,14-15H2,2H3,(H,32,33)/t21-,22-,26+,27+/m1/s1. The molecule has 1 N–H and O–H groups in total. The minimum Gasteiger partial charge on any atom is -0.480 e. The van der Waals surface area contributed by atoms with Gasteiger partial charge in [0.05, 0.1) is 16.7 Å². The molecule has 1 saturated heterocycles. The van der Waals surface area contributed by atoms with Gasteiger partial charge in [0.25, 0.3) is 0 Å². The van der Waals surface area contributed by atoms with Crippen LogP contribution in [0.1, 0.15) is 48.2 Å². The molecule has 4 rings (SSSR count). The van der Waals surface area contributed by atoms with Gasteiger partial charge < -0.3 is 14.6 Å². The van der Waals surface area contributed by atoms with E-state index in [-0.39, 0.29) is 23.7 Å². The highest BCUT2D eigenvalue weighted by molar-refractivity contribution is 9.10. The fourth-order valence-corrected chi connectivity index (χ4v) is 5.46. The molecule has 1 heterocycles. The highest BCUT2D eigenvalue weighted by Crippen LogP contribution is 2.54. The summed E-state index contributed by atoms with van der Waals surface area (Å²) in [4.78, 5) is 11.2. The molecule has 182 valence electrons. The Hall–Kier alpha value is -2.67. The van der Waals surface area contributed by atoms with Crippen LogP contribution in [0.2, 0.25) is 5.02 Å². The lowest BCUT2D eigenvalue weighted by Gasteiger charge is -2.43. The zero-order valence-corrected chi connectivity index (χ0v) is 21.4. The summed E-state index contributed by atoms with van der Waals surface area (Å²) in [6, 6.07) is 20.2. The van der Waals surface area contributed by atoms with E-state index >= 15 is 0 Å². The van der Waals surface area contributed by atoms with Crippen molar-refractivity contribution in [2.45, 2.75) is 31.5 Å². The van der Waals surface area contributed by atoms with E-state index < -0.39 is 24.5 Å². The van der Waals surface area contributed by atoms with E-state index in [4.69, 9.17) is 26.2 Å². The molecule has 1 aliphatic heterocycles. The van der Waals surface area contributed by atoms with Crippen LogP contribution in [0.15, 0.2) is 83.4 Å². The maximum atomic E-state index is 14.6. The number of carboxylic acid groups (broad SMARTS) is 1. The Bertz CT molecular complexity index is 1230. The van der Waals surface area contributed by atoms with E-state index in [1.807, 2.05) is 61.5 Å². The van der Waals surface area contributed by atoms with Crippen LogP contribution in [-0.4, -0.2) is 17.7 Å². The van der Waals surface area contributed by atoms with Gasteiger partial charge in [-0.1, -0.05) is 66.2 Å². The summed E-state index contributed by atoms with van der Waals surface area (Å²) in [6.07, 6.45) is -0.291. The van der Waals surface area contributed by atoms with Gasteiger partial charge in [-0.05, 0) is 64.7 Å². The number of halogens is 3. The minimum absolute atomic E-state index is 0.0329. The molecule has 0 amide bonds. The van der Waals surface area contributed by atoms with Crippen LogP contribution in [0.25, 0.3) is 0 Å². The molecule has 1 fully saturated rings. The van der Waals surface area contributed by atoms with Gasteiger partial charge in [0.2, 0.25) is 0 Å². The Morgan fingerprint density at radius 3 is 2.51 bits per heavy atom. The largest absolute Gasteiger partial charge is 0.480 e. The number of carboxylic acids is 1. The molecule has 3 aromatic carbocycles. The highest BCUT2D eigenvalue weighted by Gasteiger charge is 2.42. The van der Waals surface area contributed by atoms with Gasteiger partial charge in [0, 0.05) is 22.4 Å². The zero-order chi connectivity index (χ0) is 25.1. The molecular weight excluding hydrogens is 535 g/mol. The number of carbonyl (C=O) groups is 1. The number of ether oxygens (including phenoxy) is 2. The van der Waals surface area contributed by atoms with Crippen LogP contribution in [0, 0.1) is 11.7 Å². The lowest BCUT2D eigenvalue weighted by atomic mass is 9.74. The van der Waals surface area contributed by atoms with E-state index in [1.165, 1.54) is 12.1 Å². The summed E-state index contributed by atoms with van der Waals surface area (Å²) in [5.74, 6) is -1.57. The monoisotopic (exact) mass is 558 g/mol. The molecule has 4 nitrogen and oxygen atoms in total. The SMILES string of the molecule is C=C(C)[C@H]1C[C@H](c2cccc(Cl)c2)[C@H](c2ccccc2)O[C@@H]1c1cc(F)cc(Br)c1OCC(=O)O. The molecule has 3 aromatic rings. The molecule has 0 radical (unpaired) electrons. The van der Waals surface area contributed by atoms with Gasteiger partial charge in [0.15, 0.2) is 6.61 Å². The van der Waals surface area contributed by atoms with Crippen LogP contribution in [0.4, 0.5) is 4.39 Å². The smallest absolute Gasteiger partial charge is 0.341 e. The fourth-order valence-electron chi connectivity index (χ4n) is 4.70. The van der Waals surface area contributed by atoms with Crippen molar-refractivity contribution in [2.75, 3.05) is 6.61 Å². The zero-order valence-electron chi connectivity index (χ0n) is 19.1. The predicted molar refractivity (Wildman–Crippen MR) is 137 cm³/mol. The Morgan fingerprint density at radius 2 is 1.86 bits per heavy atom. The topological polar surface area (TPSA) is 55.8 Å². The quantitative estimate of drug-likeness (QED) is 0.299. The van der Waals surface area contributed by atoms with Crippen molar-refractivity contribution < 1.29 is 23.8 Å². The summed E-state index contributed by atoms with van der Waals surface area (Å²) in [5, 5.41) is 9.81. The first-order valence-electron chi connectivity index (χ1n) is 11.2. The molecule has 0 aliphatic carbocycles. The molecule has 0 unspecified atom stereocenters. The normalized spacial score (nSPS) is 21.9. The number of hydrogen-bond acceptors (Lipinski definition) is 3. The lowest BCUT2D eigenvalue weighted by molar-refractivity contribution is -0.139. The summed E-state index contributed by atoms with van der Waals surface area (Å²) < 4.78 is 27.3. The van der Waals surface area contributed by atoms with Gasteiger partial charge in [-0.25, -0.2) is 9.18 Å². The molecule has 0 bridgehead atoms. The average molecular weight is 560 g/mol. The van der Waals surface area contributed by atoms with Crippen LogP contribution >= 0.6 is 27.5 Å². The number of benzene rings is 3. The maximum Gasteiger partial charge on any atom is 0.341 e. The Balaban J connectivity index is 1.83. The van der Waals surface area contributed by atoms with Crippen LogP contribution in [0.5, 0.6) is 5.75 Å². The van der Waals surface area contributed by atoms with Crippen LogP contribution in [-0.2, 0) is 9.53 Å². The first-order chi connectivity index (χ1) is 16.7. The number of aliphatic carboxylic acids is 1. The molecule has 0 saturated carbocycles. The second kappa shape index (κ2) is 10.9. The van der Waals surface area contributed by atoms with Crippen molar-refractivity contribution in [3.8, 4) is 5.75 Å². The van der Waals surface area contributed by atoms with Gasteiger partial charge in [-0.3, -0.25) is 0 Å². The molecule has 35 heavy (non-hydrogen) atoms. The van der Waals surface area contributed by atoms with Gasteiger partial charge >= 0.3 is 5.97 Å². The summed E-state index contributed by atoms with van der Waals surface area (Å²) in [5.41, 5.74) is 3.33. The van der Waals surface area contributed by atoms with Gasteiger partial charge in [-0.15, -0.1) is 0 Å². The van der Waals surface area contributed by atoms with E-state index in [1.54, 1.807) is 0 Å². The van der Waals surface area contributed by atoms with Crippen molar-refractivity contribution in [2.24, 2.45) is 5.92 Å². The van der Waals surface area contributed by atoms with Crippen molar-refractivity contribution in [1.82, 2.24) is 0 Å². The molecule has 0 aromatic heterocycles. The average Bonchev–Trinajstić information content (AvgIpc) is 2.82. The third-order valence-corrected chi connectivity index (χ3v) is 7.08. The maximum absolute atomic E-state index is 14.6. The molecule has 0 spiro atoms. The second-order valence-electron chi connectivity index (χ2n) is 8.73. The number of hydrogen-bond donors (Lipinski definition) is 1. The van der Waals surface area contributed by atoms with E-state index in [0.29, 0.717) is 21.5 Å². The van der Waals surface area contributed by atoms with Crippen molar-refractivity contribution in [3.05, 3.63) is 111 Å². The minimum atomic E-state index is -1.13. The molecular formula is C28H25BrClFO4. The Labute approximate surface area is 217 Å². The first kappa shape index (κ1) is 25.4. The third-order valence-electron chi connectivity index (χ3n) is 6.25. The van der Waals surface area contributed by atoms with Crippen LogP contribution < -0.4 is 4.74 Å². The van der Waals surface area contributed by atoms with E-state index in [0.717, 1.165) is 16.7 Å². The lowest BCUT2D eigenvalue weighted by Crippen LogP contribution is -2.32. The summed E-state index contributed by atoms with van der Waals surface area (Å²) >= 11 is 9.67.